The number of benzene rings is 1. The molecule has 70 valence electrons. The van der Waals surface area contributed by atoms with Crippen molar-refractivity contribution in [2.75, 3.05) is 5.33 Å². The Hall–Kier alpha value is -0.0405. The fourth-order valence-electron chi connectivity index (χ4n) is 0.894. The van der Waals surface area contributed by atoms with Crippen LogP contribution in [0, 0.1) is 0 Å². The van der Waals surface area contributed by atoms with Gasteiger partial charge in [-0.1, -0.05) is 0 Å². The Balaban J connectivity index is 2.74. The van der Waals surface area contributed by atoms with Crippen LogP contribution >= 0.6 is 15.9 Å². The van der Waals surface area contributed by atoms with E-state index in [2.05, 4.69) is 60.1 Å². The van der Waals surface area contributed by atoms with E-state index in [0.717, 1.165) is 5.33 Å². The molecule has 0 heterocycles. The van der Waals surface area contributed by atoms with Crippen LogP contribution in [0.15, 0.2) is 40.4 Å². The van der Waals surface area contributed by atoms with Crippen LogP contribution in [-0.4, -0.2) is 20.3 Å². The van der Waals surface area contributed by atoms with Gasteiger partial charge in [0.1, 0.15) is 0 Å². The van der Waals surface area contributed by atoms with Crippen molar-refractivity contribution in [3.8, 4) is 0 Å². The third kappa shape index (κ3) is 3.68. The molecule has 0 aromatic heterocycles. The maximum atomic E-state index is 3.53. The quantitative estimate of drug-likeness (QED) is 0.595. The molecule has 0 aliphatic carbocycles. The van der Waals surface area contributed by atoms with Crippen LogP contribution in [0.25, 0.3) is 0 Å². The number of hydrogen-bond donors (Lipinski definition) is 0. The van der Waals surface area contributed by atoms with Gasteiger partial charge in [-0.05, 0) is 0 Å². The van der Waals surface area contributed by atoms with Crippen LogP contribution in [0.3, 0.4) is 0 Å². The summed E-state index contributed by atoms with van der Waals surface area (Å²) in [6.45, 7) is 4.36. The van der Waals surface area contributed by atoms with Gasteiger partial charge < -0.3 is 0 Å². The average Bonchev–Trinajstić information content (AvgIpc) is 2.15. The zero-order chi connectivity index (χ0) is 9.68. The first-order valence-corrected chi connectivity index (χ1v) is 7.02. The molecule has 0 fully saturated rings. The standard InChI is InChI=1S/C11H13BrSe/c1-9(2)11(8-12)13-10-6-4-3-5-7-10/h3-7H,8H2,1-2H3. The van der Waals surface area contributed by atoms with E-state index < -0.39 is 0 Å². The van der Waals surface area contributed by atoms with Crippen LogP contribution in [0.5, 0.6) is 0 Å². The molecule has 0 nitrogen and oxygen atoms in total. The molecule has 0 saturated heterocycles. The zero-order valence-corrected chi connectivity index (χ0v) is 11.2. The Morgan fingerprint density at radius 3 is 2.31 bits per heavy atom. The molecule has 0 spiro atoms. The van der Waals surface area contributed by atoms with Gasteiger partial charge in [0, 0.05) is 0 Å². The van der Waals surface area contributed by atoms with Crippen molar-refractivity contribution < 1.29 is 0 Å². The van der Waals surface area contributed by atoms with Crippen LogP contribution in [-0.2, 0) is 0 Å². The number of hydrogen-bond acceptors (Lipinski definition) is 0. The third-order valence-electron chi connectivity index (χ3n) is 1.66. The SMILES string of the molecule is CC(C)=C(CBr)[Se]c1ccccc1. The molecular weight excluding hydrogens is 291 g/mol. The molecule has 0 bridgehead atoms. The molecule has 0 N–H and O–H groups in total. The Kier molecular flexibility index (Phi) is 4.79. The summed E-state index contributed by atoms with van der Waals surface area (Å²) in [6, 6.07) is 10.7. The van der Waals surface area contributed by atoms with Crippen molar-refractivity contribution in [2.45, 2.75) is 13.8 Å². The predicted octanol–water partition coefficient (Wildman–Crippen LogP) is 2.70. The molecule has 0 aliphatic heterocycles. The summed E-state index contributed by atoms with van der Waals surface area (Å²) in [5.74, 6) is 0. The summed E-state index contributed by atoms with van der Waals surface area (Å²) in [5.41, 5.74) is 1.45. The number of rotatable bonds is 3. The second kappa shape index (κ2) is 5.64. The van der Waals surface area contributed by atoms with Gasteiger partial charge in [-0.3, -0.25) is 0 Å². The average molecular weight is 304 g/mol. The van der Waals surface area contributed by atoms with Crippen molar-refractivity contribution in [1.82, 2.24) is 0 Å². The van der Waals surface area contributed by atoms with Crippen LogP contribution in [0.1, 0.15) is 13.8 Å². The first kappa shape index (κ1) is 11.0. The topological polar surface area (TPSA) is 0 Å². The van der Waals surface area contributed by atoms with E-state index in [1.54, 1.807) is 4.47 Å². The minimum atomic E-state index is 0.490. The van der Waals surface area contributed by atoms with Gasteiger partial charge in [-0.15, -0.1) is 0 Å². The van der Waals surface area contributed by atoms with E-state index in [4.69, 9.17) is 0 Å². The molecule has 0 aliphatic rings. The summed E-state index contributed by atoms with van der Waals surface area (Å²) in [5, 5.41) is 1.00. The van der Waals surface area contributed by atoms with E-state index in [0.29, 0.717) is 15.0 Å². The zero-order valence-electron chi connectivity index (χ0n) is 7.88. The molecule has 0 amide bonds. The second-order valence-corrected chi connectivity index (χ2v) is 5.98. The van der Waals surface area contributed by atoms with Crippen LogP contribution in [0.2, 0.25) is 0 Å². The number of allylic oxidation sites excluding steroid dienone is 2. The van der Waals surface area contributed by atoms with Gasteiger partial charge in [0.05, 0.1) is 0 Å². The molecule has 0 radical (unpaired) electrons. The van der Waals surface area contributed by atoms with Gasteiger partial charge >= 0.3 is 94.9 Å². The summed E-state index contributed by atoms with van der Waals surface area (Å²) in [6.07, 6.45) is 0. The van der Waals surface area contributed by atoms with Crippen molar-refractivity contribution >= 4 is 35.3 Å². The van der Waals surface area contributed by atoms with E-state index in [1.165, 1.54) is 10.0 Å². The van der Waals surface area contributed by atoms with Crippen molar-refractivity contribution in [1.29, 1.82) is 0 Å². The second-order valence-electron chi connectivity index (χ2n) is 2.97. The number of halogens is 1. The molecule has 1 rings (SSSR count). The number of alkyl halides is 1. The first-order chi connectivity index (χ1) is 6.24. The van der Waals surface area contributed by atoms with E-state index in [1.807, 2.05) is 0 Å². The van der Waals surface area contributed by atoms with Gasteiger partial charge in [-0.25, -0.2) is 0 Å². The summed E-state index contributed by atoms with van der Waals surface area (Å²) < 4.78 is 2.99. The maximum absolute atomic E-state index is 3.53. The van der Waals surface area contributed by atoms with Crippen LogP contribution in [0.4, 0.5) is 0 Å². The van der Waals surface area contributed by atoms with Crippen molar-refractivity contribution in [2.24, 2.45) is 0 Å². The predicted molar refractivity (Wildman–Crippen MR) is 64.0 cm³/mol. The van der Waals surface area contributed by atoms with E-state index in [-0.39, 0.29) is 0 Å². The fourth-order valence-corrected chi connectivity index (χ4v) is 3.80. The van der Waals surface area contributed by atoms with Gasteiger partial charge in [0.2, 0.25) is 0 Å². The molecule has 0 atom stereocenters. The molecule has 1 aromatic rings. The van der Waals surface area contributed by atoms with E-state index >= 15 is 0 Å². The summed E-state index contributed by atoms with van der Waals surface area (Å²) in [4.78, 5) is 0. The first-order valence-electron chi connectivity index (χ1n) is 4.19. The summed E-state index contributed by atoms with van der Waals surface area (Å²) in [7, 11) is 0. The molecule has 0 saturated carbocycles. The Morgan fingerprint density at radius 2 is 1.85 bits per heavy atom. The van der Waals surface area contributed by atoms with Gasteiger partial charge in [0.15, 0.2) is 0 Å². The third-order valence-corrected chi connectivity index (χ3v) is 5.80. The normalized spacial score (nSPS) is 9.77. The molecule has 0 unspecified atom stereocenters. The molecule has 1 aromatic carbocycles. The Labute approximate surface area is 94.7 Å². The van der Waals surface area contributed by atoms with Crippen molar-refractivity contribution in [3.63, 3.8) is 0 Å². The fraction of sp³-hybridized carbons (Fsp3) is 0.273. The molecular formula is C11H13BrSe. The monoisotopic (exact) mass is 304 g/mol. The Morgan fingerprint density at radius 1 is 1.23 bits per heavy atom. The molecule has 13 heavy (non-hydrogen) atoms. The van der Waals surface area contributed by atoms with Crippen molar-refractivity contribution in [3.05, 3.63) is 40.4 Å². The minimum absolute atomic E-state index is 0.490. The van der Waals surface area contributed by atoms with E-state index in [9.17, 15) is 0 Å². The van der Waals surface area contributed by atoms with Gasteiger partial charge in [0.25, 0.3) is 0 Å². The van der Waals surface area contributed by atoms with Crippen LogP contribution < -0.4 is 4.46 Å². The summed E-state index contributed by atoms with van der Waals surface area (Å²) >= 11 is 4.02. The Bertz CT molecular complexity index is 286. The van der Waals surface area contributed by atoms with Gasteiger partial charge in [-0.2, -0.15) is 0 Å². The molecule has 2 heteroatoms.